The van der Waals surface area contributed by atoms with E-state index in [1.807, 2.05) is 13.8 Å². The second kappa shape index (κ2) is 8.63. The van der Waals surface area contributed by atoms with Crippen molar-refractivity contribution in [2.75, 3.05) is 23.9 Å². The zero-order valence-electron chi connectivity index (χ0n) is 11.5. The molecule has 0 radical (unpaired) electrons. The van der Waals surface area contributed by atoms with Crippen LogP contribution in [-0.2, 0) is 11.3 Å². The van der Waals surface area contributed by atoms with E-state index in [0.717, 1.165) is 6.42 Å². The highest BCUT2D eigenvalue weighted by Gasteiger charge is 2.05. The van der Waals surface area contributed by atoms with E-state index in [9.17, 15) is 5.11 Å². The molecule has 0 saturated heterocycles. The smallest absolute Gasteiger partial charge is 0.158 e. The fourth-order valence-electron chi connectivity index (χ4n) is 1.49. The quantitative estimate of drug-likeness (QED) is 0.389. The number of nitrogen functional groups attached to an aromatic ring is 1. The first-order valence-corrected chi connectivity index (χ1v) is 6.53. The number of aliphatic hydroxyl groups is 1. The van der Waals surface area contributed by atoms with Crippen molar-refractivity contribution in [1.82, 2.24) is 9.97 Å². The lowest BCUT2D eigenvalue weighted by Crippen LogP contribution is -2.15. The summed E-state index contributed by atoms with van der Waals surface area (Å²) in [5, 5.41) is 12.6. The molecule has 1 atom stereocenters. The number of rotatable bonds is 9. The molecule has 19 heavy (non-hydrogen) atoms. The van der Waals surface area contributed by atoms with Gasteiger partial charge in [-0.25, -0.2) is 15.8 Å². The van der Waals surface area contributed by atoms with Gasteiger partial charge < -0.3 is 20.6 Å². The average Bonchev–Trinajstić information content (AvgIpc) is 2.44. The molecule has 1 rings (SSSR count). The van der Waals surface area contributed by atoms with Crippen molar-refractivity contribution in [2.24, 2.45) is 5.84 Å². The van der Waals surface area contributed by atoms with E-state index in [4.69, 9.17) is 10.6 Å². The summed E-state index contributed by atoms with van der Waals surface area (Å²) in [5.41, 5.74) is 2.50. The molecule has 0 amide bonds. The van der Waals surface area contributed by atoms with E-state index in [1.165, 1.54) is 0 Å². The van der Waals surface area contributed by atoms with Gasteiger partial charge in [-0.15, -0.1) is 0 Å². The Labute approximate surface area is 113 Å². The summed E-state index contributed by atoms with van der Waals surface area (Å²) in [6, 6.07) is 1.72. The van der Waals surface area contributed by atoms with Crippen LogP contribution in [0.4, 0.5) is 11.6 Å². The maximum absolute atomic E-state index is 9.48. The van der Waals surface area contributed by atoms with Gasteiger partial charge in [0.1, 0.15) is 18.2 Å². The van der Waals surface area contributed by atoms with Crippen LogP contribution in [0.15, 0.2) is 6.07 Å². The van der Waals surface area contributed by atoms with E-state index in [0.29, 0.717) is 43.6 Å². The summed E-state index contributed by atoms with van der Waals surface area (Å²) in [5.74, 6) is 7.13. The molecule has 0 saturated carbocycles. The number of nitrogens with two attached hydrogens (primary N) is 1. The maximum Gasteiger partial charge on any atom is 0.158 e. The lowest BCUT2D eigenvalue weighted by atomic mass is 10.2. The van der Waals surface area contributed by atoms with Crippen molar-refractivity contribution in [3.63, 3.8) is 0 Å². The maximum atomic E-state index is 9.48. The lowest BCUT2D eigenvalue weighted by Gasteiger charge is -2.11. The Morgan fingerprint density at radius 3 is 2.74 bits per heavy atom. The molecule has 7 heteroatoms. The molecule has 0 aliphatic heterocycles. The fourth-order valence-corrected chi connectivity index (χ4v) is 1.49. The summed E-state index contributed by atoms with van der Waals surface area (Å²) in [4.78, 5) is 8.50. The molecule has 1 aromatic rings. The third-order valence-corrected chi connectivity index (χ3v) is 2.61. The Balaban J connectivity index is 2.60. The van der Waals surface area contributed by atoms with E-state index in [2.05, 4.69) is 20.7 Å². The Morgan fingerprint density at radius 2 is 2.11 bits per heavy atom. The van der Waals surface area contributed by atoms with Crippen LogP contribution in [0.2, 0.25) is 0 Å². The van der Waals surface area contributed by atoms with Crippen LogP contribution in [0.25, 0.3) is 0 Å². The molecule has 7 nitrogen and oxygen atoms in total. The number of anilines is 2. The second-order valence-corrected chi connectivity index (χ2v) is 4.11. The summed E-state index contributed by atoms with van der Waals surface area (Å²) in [6.45, 7) is 5.46. The minimum absolute atomic E-state index is 0.288. The number of nitrogens with zero attached hydrogens (tertiary/aromatic N) is 2. The first-order chi connectivity index (χ1) is 9.19. The summed E-state index contributed by atoms with van der Waals surface area (Å²) in [6.07, 6.45) is 1.13. The second-order valence-electron chi connectivity index (χ2n) is 4.11. The number of hydrogen-bond donors (Lipinski definition) is 4. The van der Waals surface area contributed by atoms with Gasteiger partial charge >= 0.3 is 0 Å². The minimum Gasteiger partial charge on any atom is -0.393 e. The summed E-state index contributed by atoms with van der Waals surface area (Å²) >= 11 is 0. The molecule has 0 aliphatic carbocycles. The molecule has 1 unspecified atom stereocenters. The largest absolute Gasteiger partial charge is 0.393 e. The zero-order chi connectivity index (χ0) is 14.1. The Morgan fingerprint density at radius 1 is 1.37 bits per heavy atom. The van der Waals surface area contributed by atoms with E-state index in [1.54, 1.807) is 6.07 Å². The summed E-state index contributed by atoms with van der Waals surface area (Å²) in [7, 11) is 0. The van der Waals surface area contributed by atoms with E-state index in [-0.39, 0.29) is 6.10 Å². The normalized spacial score (nSPS) is 12.2. The van der Waals surface area contributed by atoms with Crippen LogP contribution in [0.3, 0.4) is 0 Å². The molecule has 108 valence electrons. The zero-order valence-corrected chi connectivity index (χ0v) is 11.5. The molecule has 0 aliphatic rings. The molecule has 0 bridgehead atoms. The standard InChI is InChI=1S/C12H23N5O2/c1-3-9(18)5-6-14-10-7-11(17-13)16-12(15-10)8-19-4-2/h7,9,18H,3-6,8,13H2,1-2H3,(H2,14,15,16,17). The van der Waals surface area contributed by atoms with Crippen LogP contribution in [-0.4, -0.2) is 34.3 Å². The predicted octanol–water partition coefficient (Wildman–Crippen LogP) is 0.872. The fraction of sp³-hybridized carbons (Fsp3) is 0.667. The number of ether oxygens (including phenoxy) is 1. The Hall–Kier alpha value is -1.44. The molecule has 0 aromatic carbocycles. The summed E-state index contributed by atoms with van der Waals surface area (Å²) < 4.78 is 5.27. The molecular weight excluding hydrogens is 246 g/mol. The first kappa shape index (κ1) is 15.6. The van der Waals surface area contributed by atoms with Crippen molar-refractivity contribution in [1.29, 1.82) is 0 Å². The molecular formula is C12H23N5O2. The topological polar surface area (TPSA) is 105 Å². The molecule has 1 aromatic heterocycles. The van der Waals surface area contributed by atoms with E-state index >= 15 is 0 Å². The number of nitrogens with one attached hydrogen (secondary N) is 2. The SMILES string of the molecule is CCOCc1nc(NN)cc(NCCC(O)CC)n1. The van der Waals surface area contributed by atoms with Crippen LogP contribution < -0.4 is 16.6 Å². The van der Waals surface area contributed by atoms with Gasteiger partial charge in [-0.2, -0.15) is 0 Å². The average molecular weight is 269 g/mol. The number of aromatic nitrogens is 2. The van der Waals surface area contributed by atoms with Crippen molar-refractivity contribution in [3.05, 3.63) is 11.9 Å². The molecule has 5 N–H and O–H groups in total. The van der Waals surface area contributed by atoms with Crippen LogP contribution in [0.5, 0.6) is 0 Å². The van der Waals surface area contributed by atoms with Gasteiger partial charge in [-0.1, -0.05) is 6.92 Å². The third-order valence-electron chi connectivity index (χ3n) is 2.61. The lowest BCUT2D eigenvalue weighted by molar-refractivity contribution is 0.128. The van der Waals surface area contributed by atoms with Crippen LogP contribution in [0, 0.1) is 0 Å². The molecule has 0 spiro atoms. The van der Waals surface area contributed by atoms with Gasteiger partial charge in [0, 0.05) is 19.2 Å². The first-order valence-electron chi connectivity index (χ1n) is 6.53. The number of hydrazine groups is 1. The molecule has 0 fully saturated rings. The van der Waals surface area contributed by atoms with Crippen LogP contribution >= 0.6 is 0 Å². The van der Waals surface area contributed by atoms with Gasteiger partial charge in [0.15, 0.2) is 5.82 Å². The van der Waals surface area contributed by atoms with Crippen LogP contribution in [0.1, 0.15) is 32.5 Å². The third kappa shape index (κ3) is 5.82. The monoisotopic (exact) mass is 269 g/mol. The Kier molecular flexibility index (Phi) is 7.09. The number of aliphatic hydroxyl groups excluding tert-OH is 1. The van der Waals surface area contributed by atoms with Crippen molar-refractivity contribution in [2.45, 2.75) is 39.4 Å². The highest BCUT2D eigenvalue weighted by Crippen LogP contribution is 2.11. The highest BCUT2D eigenvalue weighted by molar-refractivity contribution is 5.46. The van der Waals surface area contributed by atoms with Gasteiger partial charge in [-0.3, -0.25) is 0 Å². The van der Waals surface area contributed by atoms with E-state index < -0.39 is 0 Å². The highest BCUT2D eigenvalue weighted by atomic mass is 16.5. The van der Waals surface area contributed by atoms with Crippen molar-refractivity contribution >= 4 is 11.6 Å². The van der Waals surface area contributed by atoms with Crippen molar-refractivity contribution in [3.8, 4) is 0 Å². The van der Waals surface area contributed by atoms with Crippen molar-refractivity contribution < 1.29 is 9.84 Å². The van der Waals surface area contributed by atoms with Gasteiger partial charge in [0.05, 0.1) is 6.10 Å². The minimum atomic E-state index is -0.288. The van der Waals surface area contributed by atoms with Gasteiger partial charge in [0.2, 0.25) is 0 Å². The molecule has 1 heterocycles. The predicted molar refractivity (Wildman–Crippen MR) is 74.6 cm³/mol. The number of hydrogen-bond acceptors (Lipinski definition) is 7. The van der Waals surface area contributed by atoms with Gasteiger partial charge in [0.25, 0.3) is 0 Å². The Bertz CT molecular complexity index is 375. The van der Waals surface area contributed by atoms with Gasteiger partial charge in [-0.05, 0) is 19.8 Å².